The minimum Gasteiger partial charge on any atom is -0.394 e. The maximum Gasteiger partial charge on any atom is 0.191 e. The van der Waals surface area contributed by atoms with Crippen LogP contribution in [0, 0.1) is 23.7 Å². The first-order valence-corrected chi connectivity index (χ1v) is 10.8. The Morgan fingerprint density at radius 2 is 1.81 bits per heavy atom. The van der Waals surface area contributed by atoms with Crippen LogP contribution in [0.5, 0.6) is 0 Å². The van der Waals surface area contributed by atoms with E-state index in [1.165, 1.54) is 25.5 Å². The van der Waals surface area contributed by atoms with Gasteiger partial charge in [-0.05, 0) is 12.8 Å². The summed E-state index contributed by atoms with van der Waals surface area (Å²) in [5.74, 6) is 11.1. The molecule has 170 valence electrons. The van der Waals surface area contributed by atoms with Crippen molar-refractivity contribution in [2.45, 2.75) is 68.2 Å². The first kappa shape index (κ1) is 22.5. The molecule has 9 heteroatoms. The monoisotopic (exact) mass is 440 g/mol. The molecule has 0 aromatic carbocycles. The van der Waals surface area contributed by atoms with Gasteiger partial charge in [0.15, 0.2) is 11.7 Å². The smallest absolute Gasteiger partial charge is 0.191 e. The molecule has 0 unspecified atom stereocenters. The second kappa shape index (κ2) is 9.45. The molecule has 4 rings (SSSR count). The predicted octanol–water partition coefficient (Wildman–Crippen LogP) is -0.262. The molecule has 1 aliphatic heterocycles. The molecule has 1 aliphatic carbocycles. The van der Waals surface area contributed by atoms with Gasteiger partial charge < -0.3 is 25.2 Å². The van der Waals surface area contributed by atoms with Crippen molar-refractivity contribution >= 4 is 0 Å². The summed E-state index contributed by atoms with van der Waals surface area (Å²) in [6.45, 7) is -0.540. The van der Waals surface area contributed by atoms with E-state index >= 15 is 0 Å². The van der Waals surface area contributed by atoms with Crippen molar-refractivity contribution in [3.8, 4) is 23.7 Å². The van der Waals surface area contributed by atoms with Gasteiger partial charge in [-0.1, -0.05) is 42.9 Å². The van der Waals surface area contributed by atoms with Gasteiger partial charge in [-0.3, -0.25) is 9.36 Å². The van der Waals surface area contributed by atoms with Crippen LogP contribution in [-0.2, 0) is 11.8 Å². The van der Waals surface area contributed by atoms with E-state index < -0.39 is 36.6 Å². The van der Waals surface area contributed by atoms with Crippen LogP contribution in [0.4, 0.5) is 0 Å². The third-order valence-corrected chi connectivity index (χ3v) is 6.06. The second-order valence-electron chi connectivity index (χ2n) is 8.42. The first-order valence-electron chi connectivity index (χ1n) is 10.8. The fourth-order valence-corrected chi connectivity index (χ4v) is 4.17. The standard InChI is InChI=1S/C23H28N4O5/c1-26-13-17(11-24-26)9-10-23(31)20(32-19(15-28)21(29)22(23)30)8-7-16-12-25-27(14-16)18-5-3-2-4-6-18/h11-14,18-22,28-31H,2-6,15H2,1H3/t19-,20-,21-,22+,23-/m1/s1. The molecule has 0 amide bonds. The average molecular weight is 441 g/mol. The maximum absolute atomic E-state index is 11.2. The largest absolute Gasteiger partial charge is 0.394 e. The van der Waals surface area contributed by atoms with E-state index in [1.54, 1.807) is 24.1 Å². The molecule has 2 fully saturated rings. The fourth-order valence-electron chi connectivity index (χ4n) is 4.17. The summed E-state index contributed by atoms with van der Waals surface area (Å²) in [5.41, 5.74) is -1.01. The number of aryl methyl sites for hydroxylation is 1. The van der Waals surface area contributed by atoms with Crippen molar-refractivity contribution in [1.82, 2.24) is 19.6 Å². The molecule has 2 aromatic rings. The molecule has 2 aliphatic rings. The van der Waals surface area contributed by atoms with Crippen molar-refractivity contribution in [3.05, 3.63) is 35.9 Å². The number of aliphatic hydroxyl groups excluding tert-OH is 3. The van der Waals surface area contributed by atoms with Crippen LogP contribution in [0.25, 0.3) is 0 Å². The van der Waals surface area contributed by atoms with Gasteiger partial charge in [0, 0.05) is 19.4 Å². The van der Waals surface area contributed by atoms with Gasteiger partial charge in [0.05, 0.1) is 36.2 Å². The number of hydrogen-bond acceptors (Lipinski definition) is 7. The maximum atomic E-state index is 11.2. The van der Waals surface area contributed by atoms with Gasteiger partial charge in [-0.25, -0.2) is 0 Å². The van der Waals surface area contributed by atoms with Gasteiger partial charge in [-0.2, -0.15) is 10.2 Å². The number of nitrogens with zero attached hydrogens (tertiary/aromatic N) is 4. The van der Waals surface area contributed by atoms with Gasteiger partial charge in [0.1, 0.15) is 18.3 Å². The van der Waals surface area contributed by atoms with Crippen molar-refractivity contribution in [2.24, 2.45) is 7.05 Å². The molecule has 4 N–H and O–H groups in total. The summed E-state index contributed by atoms with van der Waals surface area (Å²) < 4.78 is 9.12. The zero-order valence-corrected chi connectivity index (χ0v) is 17.9. The molecule has 2 aromatic heterocycles. The Hall–Kier alpha value is -2.66. The van der Waals surface area contributed by atoms with Crippen LogP contribution in [0.15, 0.2) is 24.8 Å². The highest BCUT2D eigenvalue weighted by Crippen LogP contribution is 2.30. The Morgan fingerprint density at radius 1 is 1.09 bits per heavy atom. The SMILES string of the molecule is Cn1cc(C#C[C@@]2(O)[C@@H](C#Cc3cnn(C4CCCCC4)c3)O[C@H](CO)[C@@H](O)[C@@H]2O)cn1. The summed E-state index contributed by atoms with van der Waals surface area (Å²) in [4.78, 5) is 0. The van der Waals surface area contributed by atoms with E-state index in [4.69, 9.17) is 4.74 Å². The molecular formula is C23H28N4O5. The summed E-state index contributed by atoms with van der Waals surface area (Å²) in [5, 5.41) is 50.1. The molecule has 1 saturated carbocycles. The van der Waals surface area contributed by atoms with Crippen LogP contribution in [-0.4, -0.2) is 76.6 Å². The van der Waals surface area contributed by atoms with Gasteiger partial charge >= 0.3 is 0 Å². The zero-order valence-electron chi connectivity index (χ0n) is 17.9. The van der Waals surface area contributed by atoms with E-state index in [0.29, 0.717) is 17.2 Å². The summed E-state index contributed by atoms with van der Waals surface area (Å²) >= 11 is 0. The Labute approximate surface area is 186 Å². The van der Waals surface area contributed by atoms with E-state index in [0.717, 1.165) is 12.8 Å². The third kappa shape index (κ3) is 4.58. The Balaban J connectivity index is 1.61. The van der Waals surface area contributed by atoms with Crippen molar-refractivity contribution in [1.29, 1.82) is 0 Å². The zero-order chi connectivity index (χ0) is 22.7. The average Bonchev–Trinajstić information content (AvgIpc) is 3.45. The van der Waals surface area contributed by atoms with Crippen LogP contribution >= 0.6 is 0 Å². The van der Waals surface area contributed by atoms with Crippen LogP contribution < -0.4 is 0 Å². The fraction of sp³-hybridized carbons (Fsp3) is 0.565. The second-order valence-corrected chi connectivity index (χ2v) is 8.42. The molecule has 0 spiro atoms. The van der Waals surface area contributed by atoms with Gasteiger partial charge in [0.2, 0.25) is 0 Å². The lowest BCUT2D eigenvalue weighted by Gasteiger charge is -2.43. The highest BCUT2D eigenvalue weighted by atomic mass is 16.5. The number of hydrogen-bond donors (Lipinski definition) is 4. The predicted molar refractivity (Wildman–Crippen MR) is 114 cm³/mol. The van der Waals surface area contributed by atoms with Gasteiger partial charge in [-0.15, -0.1) is 0 Å². The highest BCUT2D eigenvalue weighted by Gasteiger charge is 2.53. The number of ether oxygens (including phenoxy) is 1. The lowest BCUT2D eigenvalue weighted by atomic mass is 9.82. The van der Waals surface area contributed by atoms with E-state index in [9.17, 15) is 20.4 Å². The number of aromatic nitrogens is 4. The molecule has 32 heavy (non-hydrogen) atoms. The van der Waals surface area contributed by atoms with E-state index in [1.807, 2.05) is 10.9 Å². The summed E-state index contributed by atoms with van der Waals surface area (Å²) in [6.07, 6.45) is 6.90. The summed E-state index contributed by atoms with van der Waals surface area (Å²) in [7, 11) is 1.73. The van der Waals surface area contributed by atoms with Crippen molar-refractivity contribution in [2.75, 3.05) is 6.61 Å². The van der Waals surface area contributed by atoms with E-state index in [2.05, 4.69) is 33.9 Å². The normalized spacial score (nSPS) is 30.8. The quantitative estimate of drug-likeness (QED) is 0.474. The molecule has 5 atom stereocenters. The Kier molecular flexibility index (Phi) is 6.66. The number of rotatable bonds is 2. The van der Waals surface area contributed by atoms with E-state index in [-0.39, 0.29) is 0 Å². The Bertz CT molecular complexity index is 1050. The third-order valence-electron chi connectivity index (χ3n) is 6.06. The van der Waals surface area contributed by atoms with Crippen LogP contribution in [0.1, 0.15) is 49.3 Å². The van der Waals surface area contributed by atoms with Crippen LogP contribution in [0.2, 0.25) is 0 Å². The topological polar surface area (TPSA) is 126 Å². The minimum atomic E-state index is -2.17. The molecule has 1 saturated heterocycles. The van der Waals surface area contributed by atoms with Gasteiger partial charge in [0.25, 0.3) is 0 Å². The molecule has 0 bridgehead atoms. The van der Waals surface area contributed by atoms with Crippen molar-refractivity contribution in [3.63, 3.8) is 0 Å². The molecule has 3 heterocycles. The minimum absolute atomic E-state index is 0.364. The van der Waals surface area contributed by atoms with Crippen molar-refractivity contribution < 1.29 is 25.2 Å². The van der Waals surface area contributed by atoms with Crippen LogP contribution in [0.3, 0.4) is 0 Å². The Morgan fingerprint density at radius 3 is 2.50 bits per heavy atom. The lowest BCUT2D eigenvalue weighted by Crippen LogP contribution is -2.65. The summed E-state index contributed by atoms with van der Waals surface area (Å²) in [6, 6.07) is 0.364. The molecular weight excluding hydrogens is 412 g/mol. The highest BCUT2D eigenvalue weighted by molar-refractivity contribution is 5.40. The first-order chi connectivity index (χ1) is 15.4. The lowest BCUT2D eigenvalue weighted by molar-refractivity contribution is -0.239. The molecule has 0 radical (unpaired) electrons. The number of aliphatic hydroxyl groups is 4. The molecule has 9 nitrogen and oxygen atoms in total.